The van der Waals surface area contributed by atoms with Crippen LogP contribution in [0.1, 0.15) is 329 Å². The van der Waals surface area contributed by atoms with Crippen molar-refractivity contribution in [2.45, 2.75) is 439 Å². The fourth-order valence-electron chi connectivity index (χ4n) is 14.4. The normalized spacial score (nSPS) is 26.6. The Hall–Kier alpha value is -2.79. The molecule has 0 aromatic heterocycles. The van der Waals surface area contributed by atoms with Gasteiger partial charge < -0.3 is 100 Å². The Morgan fingerprint density at radius 3 is 1.32 bits per heavy atom. The van der Waals surface area contributed by atoms with Crippen LogP contribution in [0.4, 0.5) is 0 Å². The zero-order valence-corrected chi connectivity index (χ0v) is 63.9. The first-order chi connectivity index (χ1) is 49.9. The van der Waals surface area contributed by atoms with Gasteiger partial charge in [-0.3, -0.25) is 9.59 Å². The molecule has 0 aliphatic carbocycles. The zero-order valence-electron chi connectivity index (χ0n) is 63.9. The van der Waals surface area contributed by atoms with Crippen molar-refractivity contribution < 1.29 is 104 Å². The molecular weight excluding hydrogens is 1320 g/mol. The summed E-state index contributed by atoms with van der Waals surface area (Å²) in [6, 6.07) is -2.62. The van der Waals surface area contributed by atoms with E-state index >= 15 is 0 Å². The molecule has 2 amide bonds. The van der Waals surface area contributed by atoms with Crippen molar-refractivity contribution in [3.05, 3.63) is 24.3 Å². The summed E-state index contributed by atoms with van der Waals surface area (Å²) in [6.07, 6.45) is 36.4. The Morgan fingerprint density at radius 2 is 0.913 bits per heavy atom. The number of carboxylic acids is 1. The molecule has 23 nitrogen and oxygen atoms in total. The van der Waals surface area contributed by atoms with Crippen LogP contribution in [-0.4, -0.2) is 215 Å². The number of carbonyl (C=O) groups is 3. The van der Waals surface area contributed by atoms with Gasteiger partial charge in [0.1, 0.15) is 67.1 Å². The molecule has 0 aromatic carbocycles. The van der Waals surface area contributed by atoms with Gasteiger partial charge in [0.25, 0.3) is 5.79 Å². The Balaban J connectivity index is 1.50. The monoisotopic (exact) mass is 1470 g/mol. The minimum Gasteiger partial charge on any atom is -0.477 e. The summed E-state index contributed by atoms with van der Waals surface area (Å²) in [5.74, 6) is -6.14. The molecule has 3 heterocycles. The van der Waals surface area contributed by atoms with Gasteiger partial charge in [0.15, 0.2) is 12.6 Å². The van der Waals surface area contributed by atoms with E-state index < -0.39 is 155 Å². The number of ether oxygens (including phenoxy) is 6. The lowest BCUT2D eigenvalue weighted by atomic mass is 9.88. The van der Waals surface area contributed by atoms with E-state index in [2.05, 4.69) is 36.6 Å². The lowest BCUT2D eigenvalue weighted by molar-refractivity contribution is -0.386. The Kier molecular flexibility index (Phi) is 54.2. The largest absolute Gasteiger partial charge is 0.477 e. The SMILES string of the molecule is CCCCCCCCCCCCCC/C=C\CCCCCCCCCCCCCCCC(=O)NC(COC1OC(CO)C(OC2OC(CO)C(O)C(OC3(C(=O)O)CC(O)C(NC(C)=O)C(C(O)C(O)CO)O3)C2O)C(O)C1O)C(O)/C=C/CCCCCCCCCCCCCCCCCCCC. The molecule has 103 heavy (non-hydrogen) atoms. The average molecular weight is 1470 g/mol. The van der Waals surface area contributed by atoms with E-state index in [1.165, 1.54) is 238 Å². The third kappa shape index (κ3) is 39.4. The molecule has 3 aliphatic heterocycles. The minimum absolute atomic E-state index is 0.202. The van der Waals surface area contributed by atoms with Gasteiger partial charge >= 0.3 is 5.97 Å². The smallest absolute Gasteiger partial charge is 0.364 e. The number of unbranched alkanes of at least 4 members (excludes halogenated alkanes) is 43. The summed E-state index contributed by atoms with van der Waals surface area (Å²) in [5.41, 5.74) is 0. The van der Waals surface area contributed by atoms with Crippen molar-refractivity contribution in [1.82, 2.24) is 10.6 Å². The van der Waals surface area contributed by atoms with Crippen molar-refractivity contribution in [1.29, 1.82) is 0 Å². The second kappa shape index (κ2) is 59.1. The quantitative estimate of drug-likeness (QED) is 0.0199. The molecule has 0 aromatic rings. The molecule has 18 unspecified atom stereocenters. The molecule has 0 spiro atoms. The first-order valence-corrected chi connectivity index (χ1v) is 41.2. The molecule has 14 N–H and O–H groups in total. The van der Waals surface area contributed by atoms with Gasteiger partial charge in [-0.1, -0.05) is 289 Å². The van der Waals surface area contributed by atoms with Crippen LogP contribution in [0.3, 0.4) is 0 Å². The number of amides is 2. The second-order valence-electron chi connectivity index (χ2n) is 30.0. The molecule has 0 bridgehead atoms. The van der Waals surface area contributed by atoms with E-state index in [4.69, 9.17) is 28.4 Å². The number of aliphatic hydroxyl groups excluding tert-OH is 11. The summed E-state index contributed by atoms with van der Waals surface area (Å²) in [6.45, 7) is 2.19. The van der Waals surface area contributed by atoms with E-state index in [0.29, 0.717) is 12.8 Å². The number of hydrogen-bond donors (Lipinski definition) is 14. The zero-order chi connectivity index (χ0) is 75.3. The van der Waals surface area contributed by atoms with Crippen LogP contribution in [0.15, 0.2) is 24.3 Å². The minimum atomic E-state index is -3.08. The van der Waals surface area contributed by atoms with E-state index in [9.17, 15) is 75.7 Å². The highest BCUT2D eigenvalue weighted by atomic mass is 16.8. The van der Waals surface area contributed by atoms with Crippen LogP contribution in [0.2, 0.25) is 0 Å². The van der Waals surface area contributed by atoms with Crippen LogP contribution >= 0.6 is 0 Å². The van der Waals surface area contributed by atoms with Crippen molar-refractivity contribution in [3.63, 3.8) is 0 Å². The molecule has 18 atom stereocenters. The first kappa shape index (κ1) is 94.4. The number of hydrogen-bond acceptors (Lipinski definition) is 20. The predicted octanol–water partition coefficient (Wildman–Crippen LogP) is 11.1. The Morgan fingerprint density at radius 1 is 0.505 bits per heavy atom. The second-order valence-corrected chi connectivity index (χ2v) is 30.0. The van der Waals surface area contributed by atoms with Gasteiger partial charge in [-0.05, 0) is 44.9 Å². The molecule has 0 saturated carbocycles. The van der Waals surface area contributed by atoms with Crippen LogP contribution in [-0.2, 0) is 42.8 Å². The summed E-state index contributed by atoms with van der Waals surface area (Å²) >= 11 is 0. The highest BCUT2D eigenvalue weighted by Crippen LogP contribution is 2.39. The molecule has 3 aliphatic rings. The summed E-state index contributed by atoms with van der Waals surface area (Å²) < 4.78 is 34.9. The maximum absolute atomic E-state index is 13.5. The van der Waals surface area contributed by atoms with Gasteiger partial charge in [0, 0.05) is 19.8 Å². The maximum Gasteiger partial charge on any atom is 0.364 e. The Bertz CT molecular complexity index is 2150. The summed E-state index contributed by atoms with van der Waals surface area (Å²) in [4.78, 5) is 38.7. The molecule has 3 rings (SSSR count). The van der Waals surface area contributed by atoms with Crippen molar-refractivity contribution in [2.24, 2.45) is 0 Å². The molecule has 3 fully saturated rings. The number of aliphatic carboxylic acids is 1. The fraction of sp³-hybridized carbons (Fsp3) is 0.912. The maximum atomic E-state index is 13.5. The first-order valence-electron chi connectivity index (χ1n) is 41.2. The van der Waals surface area contributed by atoms with E-state index in [-0.39, 0.29) is 12.3 Å². The number of allylic oxidation sites excluding steroid dienone is 3. The molecule has 604 valence electrons. The predicted molar refractivity (Wildman–Crippen MR) is 398 cm³/mol. The number of carbonyl (C=O) groups excluding carboxylic acids is 2. The van der Waals surface area contributed by atoms with Gasteiger partial charge in [-0.25, -0.2) is 4.79 Å². The molecular formula is C80H148N2O21. The van der Waals surface area contributed by atoms with E-state index in [1.54, 1.807) is 6.08 Å². The van der Waals surface area contributed by atoms with Crippen molar-refractivity contribution in [2.75, 3.05) is 26.4 Å². The number of rotatable bonds is 65. The highest BCUT2D eigenvalue weighted by Gasteiger charge is 2.60. The standard InChI is InChI=1S/C80H148N2O21/c1-4-6-8-10-12-14-16-18-20-22-24-26-27-28-29-30-31-32-33-34-36-38-40-42-44-46-48-50-52-54-67(90)82-61(62(87)53-51-49-47-45-43-41-39-37-35-25-23-21-19-17-15-13-11-9-7-5-2)59-98-77-72(94)71(93)74(66(58-85)100-77)101-78-73(95)76(70(92)65(57-84)99-78)103-80(79(96)97)55-63(88)68(81-60(3)86)75(102-80)69(91)64(89)56-83/h28-29,51,53,61-66,68-78,83-85,87-89,91-95H,4-27,30-50,52,54-59H2,1-3H3,(H,81,86)(H,82,90)(H,96,97)/b29-28-,53-51+. The third-order valence-corrected chi connectivity index (χ3v) is 20.9. The number of carboxylic acid groups (broad SMARTS) is 1. The number of nitrogens with one attached hydrogen (secondary N) is 2. The van der Waals surface area contributed by atoms with Crippen molar-refractivity contribution >= 4 is 17.8 Å². The summed E-state index contributed by atoms with van der Waals surface area (Å²) in [5, 5.41) is 136. The summed E-state index contributed by atoms with van der Waals surface area (Å²) in [7, 11) is 0. The van der Waals surface area contributed by atoms with Crippen LogP contribution in [0.25, 0.3) is 0 Å². The van der Waals surface area contributed by atoms with Gasteiger partial charge in [0.2, 0.25) is 11.8 Å². The van der Waals surface area contributed by atoms with Gasteiger partial charge in [-0.15, -0.1) is 0 Å². The fourth-order valence-corrected chi connectivity index (χ4v) is 14.4. The molecule has 0 radical (unpaired) electrons. The van der Waals surface area contributed by atoms with Gasteiger partial charge in [-0.2, -0.15) is 0 Å². The number of aliphatic hydroxyl groups is 11. The van der Waals surface area contributed by atoms with Crippen LogP contribution in [0, 0.1) is 0 Å². The Labute approximate surface area is 619 Å². The average Bonchev–Trinajstić information content (AvgIpc) is 0.755. The third-order valence-electron chi connectivity index (χ3n) is 20.9. The van der Waals surface area contributed by atoms with Crippen LogP contribution < -0.4 is 10.6 Å². The van der Waals surface area contributed by atoms with Crippen LogP contribution in [0.5, 0.6) is 0 Å². The molecule has 3 saturated heterocycles. The lowest BCUT2D eigenvalue weighted by Crippen LogP contribution is -2.70. The highest BCUT2D eigenvalue weighted by molar-refractivity contribution is 5.77. The van der Waals surface area contributed by atoms with E-state index in [0.717, 1.165) is 51.9 Å². The topological polar surface area (TPSA) is 373 Å². The van der Waals surface area contributed by atoms with Gasteiger partial charge in [0.05, 0.1) is 50.7 Å². The van der Waals surface area contributed by atoms with E-state index in [1.807, 2.05) is 6.08 Å². The lowest BCUT2D eigenvalue weighted by Gasteiger charge is -2.50. The molecule has 23 heteroatoms. The van der Waals surface area contributed by atoms with Crippen molar-refractivity contribution in [3.8, 4) is 0 Å².